The third kappa shape index (κ3) is 3.17. The molecule has 4 heteroatoms. The molecule has 1 fully saturated rings. The van der Waals surface area contributed by atoms with Gasteiger partial charge in [0.2, 0.25) is 0 Å². The minimum atomic E-state index is 0.0492. The average Bonchev–Trinajstić information content (AvgIpc) is 2.46. The Kier molecular flexibility index (Phi) is 5.08. The first-order chi connectivity index (χ1) is 9.54. The zero-order valence-corrected chi connectivity index (χ0v) is 13.9. The van der Waals surface area contributed by atoms with Crippen molar-refractivity contribution in [2.45, 2.75) is 38.6 Å². The van der Waals surface area contributed by atoms with E-state index in [0.717, 1.165) is 10.9 Å². The number of benzene rings is 1. The summed E-state index contributed by atoms with van der Waals surface area (Å²) >= 11 is 3.40. The van der Waals surface area contributed by atoms with Crippen molar-refractivity contribution in [1.29, 1.82) is 0 Å². The third-order valence-electron chi connectivity index (χ3n) is 4.28. The lowest BCUT2D eigenvalue weighted by Gasteiger charge is -2.36. The molecule has 0 saturated heterocycles. The van der Waals surface area contributed by atoms with E-state index in [2.05, 4.69) is 22.9 Å². The van der Waals surface area contributed by atoms with Crippen LogP contribution in [-0.2, 0) is 0 Å². The van der Waals surface area contributed by atoms with Crippen LogP contribution in [0.15, 0.2) is 22.7 Å². The fraction of sp³-hybridized carbons (Fsp3) is 0.562. The Balaban J connectivity index is 2.22. The van der Waals surface area contributed by atoms with Crippen molar-refractivity contribution < 1.29 is 9.53 Å². The Morgan fingerprint density at radius 3 is 2.70 bits per heavy atom. The van der Waals surface area contributed by atoms with E-state index in [4.69, 9.17) is 4.74 Å². The second-order valence-electron chi connectivity index (χ2n) is 5.59. The molecular weight excluding hydrogens is 318 g/mol. The molecule has 0 radical (unpaired) electrons. The normalized spacial score (nSPS) is 22.4. The fourth-order valence-corrected chi connectivity index (χ4v) is 3.39. The number of amides is 1. The molecule has 2 rings (SSSR count). The quantitative estimate of drug-likeness (QED) is 0.829. The number of carbonyl (C=O) groups is 1. The van der Waals surface area contributed by atoms with Crippen LogP contribution in [-0.4, -0.2) is 31.0 Å². The lowest BCUT2D eigenvalue weighted by Crippen LogP contribution is -2.42. The summed E-state index contributed by atoms with van der Waals surface area (Å²) in [5.41, 5.74) is 0.635. The summed E-state index contributed by atoms with van der Waals surface area (Å²) in [6.45, 7) is 2.24. The van der Waals surface area contributed by atoms with E-state index < -0.39 is 0 Å². The molecule has 0 aromatic heterocycles. The first-order valence-electron chi connectivity index (χ1n) is 7.15. The van der Waals surface area contributed by atoms with Gasteiger partial charge in [-0.3, -0.25) is 4.79 Å². The van der Waals surface area contributed by atoms with Gasteiger partial charge in [-0.05, 0) is 37.0 Å². The molecule has 1 aromatic rings. The largest absolute Gasteiger partial charge is 0.496 e. The smallest absolute Gasteiger partial charge is 0.257 e. The summed E-state index contributed by atoms with van der Waals surface area (Å²) in [6.07, 6.45) is 4.80. The summed E-state index contributed by atoms with van der Waals surface area (Å²) in [5, 5.41) is 0. The van der Waals surface area contributed by atoms with Gasteiger partial charge >= 0.3 is 0 Å². The van der Waals surface area contributed by atoms with Crippen molar-refractivity contribution in [1.82, 2.24) is 4.90 Å². The SMILES string of the molecule is COc1cc(Br)ccc1C(=O)N(C)C1CCCCC1C. The van der Waals surface area contributed by atoms with Crippen LogP contribution in [0.1, 0.15) is 43.0 Å². The van der Waals surface area contributed by atoms with Gasteiger partial charge in [0.25, 0.3) is 5.91 Å². The number of ether oxygens (including phenoxy) is 1. The molecule has 1 saturated carbocycles. The molecule has 1 aromatic carbocycles. The first kappa shape index (κ1) is 15.4. The zero-order valence-electron chi connectivity index (χ0n) is 12.4. The van der Waals surface area contributed by atoms with Crippen LogP contribution < -0.4 is 4.74 Å². The molecule has 0 N–H and O–H groups in total. The van der Waals surface area contributed by atoms with E-state index >= 15 is 0 Å². The Hall–Kier alpha value is -1.03. The molecule has 1 aliphatic carbocycles. The minimum Gasteiger partial charge on any atom is -0.496 e. The Morgan fingerprint density at radius 1 is 1.35 bits per heavy atom. The third-order valence-corrected chi connectivity index (χ3v) is 4.77. The number of methoxy groups -OCH3 is 1. The Labute approximate surface area is 129 Å². The summed E-state index contributed by atoms with van der Waals surface area (Å²) < 4.78 is 6.25. The maximum Gasteiger partial charge on any atom is 0.257 e. The van der Waals surface area contributed by atoms with Gasteiger partial charge in [-0.25, -0.2) is 0 Å². The molecule has 20 heavy (non-hydrogen) atoms. The summed E-state index contributed by atoms with van der Waals surface area (Å²) in [7, 11) is 3.51. The Bertz CT molecular complexity index is 489. The van der Waals surface area contributed by atoms with E-state index in [1.54, 1.807) is 7.11 Å². The zero-order chi connectivity index (χ0) is 14.7. The van der Waals surface area contributed by atoms with Crippen molar-refractivity contribution >= 4 is 21.8 Å². The molecule has 0 heterocycles. The number of rotatable bonds is 3. The first-order valence-corrected chi connectivity index (χ1v) is 7.94. The lowest BCUT2D eigenvalue weighted by molar-refractivity contribution is 0.0625. The predicted octanol–water partition coefficient (Wildman–Crippen LogP) is 4.11. The number of hydrogen-bond donors (Lipinski definition) is 0. The van der Waals surface area contributed by atoms with Crippen LogP contribution in [0.25, 0.3) is 0 Å². The highest BCUT2D eigenvalue weighted by molar-refractivity contribution is 9.10. The van der Waals surface area contributed by atoms with Gasteiger partial charge in [0.1, 0.15) is 5.75 Å². The van der Waals surface area contributed by atoms with E-state index in [1.165, 1.54) is 19.3 Å². The van der Waals surface area contributed by atoms with Crippen molar-refractivity contribution in [3.8, 4) is 5.75 Å². The van der Waals surface area contributed by atoms with E-state index in [-0.39, 0.29) is 5.91 Å². The van der Waals surface area contributed by atoms with E-state index in [9.17, 15) is 4.79 Å². The molecular formula is C16H22BrNO2. The van der Waals surface area contributed by atoms with Gasteiger partial charge < -0.3 is 9.64 Å². The molecule has 1 aliphatic rings. The maximum atomic E-state index is 12.7. The number of carbonyl (C=O) groups excluding carboxylic acids is 1. The Morgan fingerprint density at radius 2 is 2.05 bits per heavy atom. The number of halogens is 1. The molecule has 2 atom stereocenters. The molecule has 2 unspecified atom stereocenters. The van der Waals surface area contributed by atoms with Gasteiger partial charge in [0.15, 0.2) is 0 Å². The predicted molar refractivity (Wildman–Crippen MR) is 84.2 cm³/mol. The highest BCUT2D eigenvalue weighted by Crippen LogP contribution is 2.30. The van der Waals surface area contributed by atoms with Crippen LogP contribution in [0, 0.1) is 5.92 Å². The van der Waals surface area contributed by atoms with Gasteiger partial charge in [0.05, 0.1) is 12.7 Å². The fourth-order valence-electron chi connectivity index (χ4n) is 3.05. The molecule has 0 aliphatic heterocycles. The van der Waals surface area contributed by atoms with E-state index in [0.29, 0.717) is 23.3 Å². The maximum absolute atomic E-state index is 12.7. The van der Waals surface area contributed by atoms with E-state index in [1.807, 2.05) is 30.1 Å². The standard InChI is InChI=1S/C16H22BrNO2/c1-11-6-4-5-7-14(11)18(2)16(19)13-9-8-12(17)10-15(13)20-3/h8-11,14H,4-7H2,1-3H3. The molecule has 0 spiro atoms. The van der Waals surface area contributed by atoms with Crippen LogP contribution in [0.3, 0.4) is 0 Å². The van der Waals surface area contributed by atoms with Crippen LogP contribution >= 0.6 is 15.9 Å². The van der Waals surface area contributed by atoms with Crippen LogP contribution in [0.4, 0.5) is 0 Å². The molecule has 3 nitrogen and oxygen atoms in total. The monoisotopic (exact) mass is 339 g/mol. The van der Waals surface area contributed by atoms with Crippen molar-refractivity contribution in [3.63, 3.8) is 0 Å². The lowest BCUT2D eigenvalue weighted by atomic mass is 9.85. The van der Waals surface area contributed by atoms with Gasteiger partial charge in [0, 0.05) is 17.6 Å². The van der Waals surface area contributed by atoms with Crippen LogP contribution in [0.2, 0.25) is 0 Å². The average molecular weight is 340 g/mol. The van der Waals surface area contributed by atoms with Gasteiger partial charge in [-0.2, -0.15) is 0 Å². The topological polar surface area (TPSA) is 29.5 Å². The van der Waals surface area contributed by atoms with Crippen LogP contribution in [0.5, 0.6) is 5.75 Å². The minimum absolute atomic E-state index is 0.0492. The second-order valence-corrected chi connectivity index (χ2v) is 6.51. The van der Waals surface area contributed by atoms with Crippen molar-refractivity contribution in [2.75, 3.05) is 14.2 Å². The van der Waals surface area contributed by atoms with Gasteiger partial charge in [-0.1, -0.05) is 35.7 Å². The molecule has 0 bridgehead atoms. The summed E-state index contributed by atoms with van der Waals surface area (Å²) in [4.78, 5) is 14.6. The second kappa shape index (κ2) is 6.61. The summed E-state index contributed by atoms with van der Waals surface area (Å²) in [6, 6.07) is 5.89. The number of nitrogens with zero attached hydrogens (tertiary/aromatic N) is 1. The number of hydrogen-bond acceptors (Lipinski definition) is 2. The van der Waals surface area contributed by atoms with Gasteiger partial charge in [-0.15, -0.1) is 0 Å². The van der Waals surface area contributed by atoms with Crippen molar-refractivity contribution in [2.24, 2.45) is 5.92 Å². The summed E-state index contributed by atoms with van der Waals surface area (Å²) in [5.74, 6) is 1.24. The highest BCUT2D eigenvalue weighted by atomic mass is 79.9. The molecule has 110 valence electrons. The van der Waals surface area contributed by atoms with Crippen molar-refractivity contribution in [3.05, 3.63) is 28.2 Å². The molecule has 1 amide bonds. The highest BCUT2D eigenvalue weighted by Gasteiger charge is 2.29.